The highest BCUT2D eigenvalue weighted by atomic mass is 32.2. The molecule has 38 heavy (non-hydrogen) atoms. The van der Waals surface area contributed by atoms with Crippen molar-refractivity contribution < 1.29 is 18.7 Å². The highest BCUT2D eigenvalue weighted by Gasteiger charge is 2.38. The number of carbonyl (C=O) groups excluding carboxylic acids is 2. The van der Waals surface area contributed by atoms with Gasteiger partial charge in [0.15, 0.2) is 0 Å². The Morgan fingerprint density at radius 1 is 0.895 bits per heavy atom. The third-order valence-corrected chi connectivity index (χ3v) is 6.79. The van der Waals surface area contributed by atoms with Crippen LogP contribution in [0.4, 0.5) is 11.4 Å². The zero-order valence-corrected chi connectivity index (χ0v) is 21.0. The monoisotopic (exact) mass is 524 g/mol. The summed E-state index contributed by atoms with van der Waals surface area (Å²) in [6.07, 6.45) is 1.53. The van der Waals surface area contributed by atoms with Crippen LogP contribution in [0.5, 0.6) is 11.5 Å². The summed E-state index contributed by atoms with van der Waals surface area (Å²) < 4.78 is 11.1. The maximum atomic E-state index is 13.2. The number of nitrogens with two attached hydrogens (primary N) is 1. The lowest BCUT2D eigenvalue weighted by atomic mass is 10.1. The van der Waals surface area contributed by atoms with E-state index in [1.807, 2.05) is 60.7 Å². The first-order valence-electron chi connectivity index (χ1n) is 11.8. The van der Waals surface area contributed by atoms with E-state index in [0.29, 0.717) is 33.7 Å². The molecule has 0 saturated heterocycles. The molecule has 8 nitrogen and oxygen atoms in total. The van der Waals surface area contributed by atoms with E-state index in [0.717, 1.165) is 11.8 Å². The Morgan fingerprint density at radius 2 is 1.58 bits per heavy atom. The number of thioether (sulfide) groups is 1. The molecule has 0 unspecified atom stereocenters. The van der Waals surface area contributed by atoms with Gasteiger partial charge < -0.3 is 25.5 Å². The number of aliphatic imine (C=N–C) groups is 1. The highest BCUT2D eigenvalue weighted by Crippen LogP contribution is 2.35. The highest BCUT2D eigenvalue weighted by molar-refractivity contribution is 8.16. The molecule has 2 heterocycles. The van der Waals surface area contributed by atoms with Crippen LogP contribution >= 0.6 is 11.8 Å². The van der Waals surface area contributed by atoms with Gasteiger partial charge in [0.05, 0.1) is 24.1 Å². The quantitative estimate of drug-likeness (QED) is 0.285. The maximum absolute atomic E-state index is 13.2. The summed E-state index contributed by atoms with van der Waals surface area (Å²) >= 11 is 1.14. The molecule has 4 N–H and O–H groups in total. The number of nitrogens with zero attached hydrogens (tertiary/aromatic N) is 1. The van der Waals surface area contributed by atoms with Gasteiger partial charge in [-0.15, -0.1) is 0 Å². The van der Waals surface area contributed by atoms with Crippen molar-refractivity contribution in [3.05, 3.63) is 120 Å². The minimum absolute atomic E-state index is 0.142. The summed E-state index contributed by atoms with van der Waals surface area (Å²) in [5.74, 6) is 1.15. The Labute approximate surface area is 223 Å². The molecule has 1 atom stereocenters. The minimum atomic E-state index is -0.831. The molecule has 3 aromatic carbocycles. The van der Waals surface area contributed by atoms with Crippen LogP contribution in [0, 0.1) is 0 Å². The van der Waals surface area contributed by atoms with E-state index in [4.69, 9.17) is 14.9 Å². The minimum Gasteiger partial charge on any atom is -0.467 e. The molecule has 0 saturated carbocycles. The Balaban J connectivity index is 1.33. The molecular weight excluding hydrogens is 500 g/mol. The van der Waals surface area contributed by atoms with E-state index in [2.05, 4.69) is 15.6 Å². The fourth-order valence-corrected chi connectivity index (χ4v) is 4.84. The van der Waals surface area contributed by atoms with Gasteiger partial charge in [0.25, 0.3) is 5.91 Å². The van der Waals surface area contributed by atoms with Gasteiger partial charge in [-0.1, -0.05) is 48.2 Å². The summed E-state index contributed by atoms with van der Waals surface area (Å²) in [5.41, 5.74) is 7.93. The number of anilines is 1. The molecule has 190 valence electrons. The Morgan fingerprint density at radius 3 is 2.26 bits per heavy atom. The van der Waals surface area contributed by atoms with Crippen molar-refractivity contribution in [1.82, 2.24) is 5.32 Å². The molecule has 0 aliphatic carbocycles. The van der Waals surface area contributed by atoms with Crippen molar-refractivity contribution in [3.63, 3.8) is 0 Å². The van der Waals surface area contributed by atoms with Gasteiger partial charge in [-0.25, -0.2) is 4.99 Å². The maximum Gasteiger partial charge on any atom is 0.256 e. The molecule has 0 bridgehead atoms. The molecule has 2 amide bonds. The van der Waals surface area contributed by atoms with Crippen LogP contribution in [0.2, 0.25) is 0 Å². The lowest BCUT2D eigenvalue weighted by Gasteiger charge is -2.12. The molecule has 4 aromatic rings. The van der Waals surface area contributed by atoms with Crippen molar-refractivity contribution in [2.24, 2.45) is 10.7 Å². The third-order valence-electron chi connectivity index (χ3n) is 5.57. The lowest BCUT2D eigenvalue weighted by Crippen LogP contribution is -2.31. The van der Waals surface area contributed by atoms with Gasteiger partial charge >= 0.3 is 0 Å². The second-order valence-electron chi connectivity index (χ2n) is 8.27. The topological polar surface area (TPSA) is 119 Å². The molecule has 0 radical (unpaired) electrons. The molecule has 1 aliphatic rings. The summed E-state index contributed by atoms with van der Waals surface area (Å²) in [4.78, 5) is 31.0. The van der Waals surface area contributed by atoms with Crippen LogP contribution in [0.1, 0.15) is 5.76 Å². The summed E-state index contributed by atoms with van der Waals surface area (Å²) in [6, 6.07) is 29.1. The average Bonchev–Trinajstić information content (AvgIpc) is 3.57. The predicted molar refractivity (Wildman–Crippen MR) is 148 cm³/mol. The number of hydrogen-bond acceptors (Lipinski definition) is 7. The number of nitrogens with one attached hydrogen (secondary N) is 2. The first-order chi connectivity index (χ1) is 18.6. The van der Waals surface area contributed by atoms with Crippen LogP contribution in [-0.2, 0) is 16.1 Å². The second-order valence-corrected chi connectivity index (χ2v) is 9.37. The molecule has 9 heteroatoms. The molecule has 1 aliphatic heterocycles. The van der Waals surface area contributed by atoms with Crippen molar-refractivity contribution >= 4 is 40.0 Å². The fourth-order valence-electron chi connectivity index (χ4n) is 3.72. The molecule has 0 spiro atoms. The number of furan rings is 1. The first-order valence-corrected chi connectivity index (χ1v) is 12.7. The number of carbonyl (C=O) groups is 2. The number of ether oxygens (including phenoxy) is 1. The molecule has 0 fully saturated rings. The summed E-state index contributed by atoms with van der Waals surface area (Å²) in [5, 5.41) is 5.21. The van der Waals surface area contributed by atoms with E-state index < -0.39 is 11.2 Å². The summed E-state index contributed by atoms with van der Waals surface area (Å²) in [6.45, 7) is 0.181. The first kappa shape index (κ1) is 24.9. The van der Waals surface area contributed by atoms with E-state index in [1.165, 1.54) is 6.26 Å². The van der Waals surface area contributed by atoms with E-state index >= 15 is 0 Å². The zero-order valence-electron chi connectivity index (χ0n) is 20.2. The van der Waals surface area contributed by atoms with E-state index in [9.17, 15) is 9.59 Å². The lowest BCUT2D eigenvalue weighted by molar-refractivity contribution is -0.117. The van der Waals surface area contributed by atoms with Crippen molar-refractivity contribution in [2.45, 2.75) is 11.8 Å². The second kappa shape index (κ2) is 11.5. The van der Waals surface area contributed by atoms with Gasteiger partial charge in [-0.2, -0.15) is 0 Å². The van der Waals surface area contributed by atoms with Crippen LogP contribution in [-0.4, -0.2) is 22.1 Å². The van der Waals surface area contributed by atoms with Gasteiger partial charge in [-0.3, -0.25) is 9.59 Å². The van der Waals surface area contributed by atoms with Crippen molar-refractivity contribution in [2.75, 3.05) is 5.32 Å². The number of rotatable bonds is 8. The number of hydrogen-bond donors (Lipinski definition) is 3. The number of para-hydroxylation sites is 2. The van der Waals surface area contributed by atoms with Gasteiger partial charge in [-0.05, 0) is 60.7 Å². The zero-order chi connectivity index (χ0) is 26.3. The number of amides is 2. The Hall–Kier alpha value is -4.76. The SMILES string of the molecule is NC1=C(C(=O)NCc2ccco2)C(=Nc2ccccc2)S[C@H]1C(=O)Nc1ccc(Oc2ccccc2)cc1. The van der Waals surface area contributed by atoms with Crippen LogP contribution in [0.15, 0.2) is 124 Å². The smallest absolute Gasteiger partial charge is 0.256 e. The average molecular weight is 525 g/mol. The van der Waals surface area contributed by atoms with Gasteiger partial charge in [0.1, 0.15) is 27.6 Å². The third kappa shape index (κ3) is 5.96. The molecule has 5 rings (SSSR count). The van der Waals surface area contributed by atoms with E-state index in [1.54, 1.807) is 36.4 Å². The van der Waals surface area contributed by atoms with Crippen LogP contribution in [0.3, 0.4) is 0 Å². The normalized spacial score (nSPS) is 15.9. The van der Waals surface area contributed by atoms with Crippen LogP contribution in [0.25, 0.3) is 0 Å². The summed E-state index contributed by atoms with van der Waals surface area (Å²) in [7, 11) is 0. The predicted octanol–water partition coefficient (Wildman–Crippen LogP) is 5.39. The van der Waals surface area contributed by atoms with E-state index in [-0.39, 0.29) is 23.7 Å². The van der Waals surface area contributed by atoms with Crippen molar-refractivity contribution in [3.8, 4) is 11.5 Å². The fraction of sp³-hybridized carbons (Fsp3) is 0.0690. The molecule has 1 aromatic heterocycles. The number of benzene rings is 3. The van der Waals surface area contributed by atoms with Gasteiger partial charge in [0.2, 0.25) is 5.91 Å². The molecular formula is C29H24N4O4S. The van der Waals surface area contributed by atoms with Crippen LogP contribution < -0.4 is 21.1 Å². The Bertz CT molecular complexity index is 1470. The van der Waals surface area contributed by atoms with Crippen molar-refractivity contribution in [1.29, 1.82) is 0 Å². The van der Waals surface area contributed by atoms with Gasteiger partial charge in [0, 0.05) is 11.4 Å². The standard InChI is InChI=1S/C29H24N4O4S/c30-25-24(27(34)31-18-23-12-7-17-36-23)29(33-19-8-3-1-4-9-19)38-26(25)28(35)32-20-13-15-22(16-14-20)37-21-10-5-2-6-11-21/h1-17,26H,18,30H2,(H,31,34)(H,32,35)/t26-/m1/s1. The largest absolute Gasteiger partial charge is 0.467 e. The Kier molecular flexibility index (Phi) is 7.56.